The molecule has 0 aliphatic heterocycles. The first-order chi connectivity index (χ1) is 10.0. The number of hydrogen-bond donors (Lipinski definition) is 1. The SMILES string of the molecule is CCc1ccc(CC(NC)C(C)(CC)N(CC)CC)nc1. The molecule has 1 aromatic heterocycles. The molecule has 2 atom stereocenters. The lowest BCUT2D eigenvalue weighted by atomic mass is 9.84. The molecule has 0 spiro atoms. The first kappa shape index (κ1) is 18.1. The molecule has 0 saturated heterocycles. The van der Waals surface area contributed by atoms with Gasteiger partial charge < -0.3 is 5.32 Å². The zero-order valence-electron chi connectivity index (χ0n) is 14.7. The van der Waals surface area contributed by atoms with Crippen molar-refractivity contribution < 1.29 is 0 Å². The average Bonchev–Trinajstić information content (AvgIpc) is 2.53. The minimum Gasteiger partial charge on any atom is -0.315 e. The van der Waals surface area contributed by atoms with E-state index in [0.717, 1.165) is 32.4 Å². The summed E-state index contributed by atoms with van der Waals surface area (Å²) < 4.78 is 0. The van der Waals surface area contributed by atoms with Crippen LogP contribution in [-0.4, -0.2) is 41.6 Å². The second-order valence-corrected chi connectivity index (χ2v) is 5.94. The molecule has 1 N–H and O–H groups in total. The number of hydrogen-bond acceptors (Lipinski definition) is 3. The van der Waals surface area contributed by atoms with Gasteiger partial charge in [-0.25, -0.2) is 0 Å². The third-order valence-electron chi connectivity index (χ3n) is 5.01. The molecular formula is C18H33N3. The zero-order chi connectivity index (χ0) is 15.9. The Morgan fingerprint density at radius 2 is 1.86 bits per heavy atom. The van der Waals surface area contributed by atoms with Crippen molar-refractivity contribution in [1.82, 2.24) is 15.2 Å². The topological polar surface area (TPSA) is 28.2 Å². The van der Waals surface area contributed by atoms with Crippen LogP contribution in [0.5, 0.6) is 0 Å². The van der Waals surface area contributed by atoms with Crippen molar-refractivity contribution >= 4 is 0 Å². The average molecular weight is 291 g/mol. The number of likely N-dealkylation sites (N-methyl/N-ethyl adjacent to an activating group) is 2. The lowest BCUT2D eigenvalue weighted by molar-refractivity contribution is 0.0727. The van der Waals surface area contributed by atoms with Crippen molar-refractivity contribution in [2.45, 2.75) is 65.5 Å². The molecule has 0 bridgehead atoms. The van der Waals surface area contributed by atoms with Crippen molar-refractivity contribution in [2.24, 2.45) is 0 Å². The van der Waals surface area contributed by atoms with Crippen LogP contribution in [-0.2, 0) is 12.8 Å². The summed E-state index contributed by atoms with van der Waals surface area (Å²) in [5, 5.41) is 3.54. The van der Waals surface area contributed by atoms with Crippen molar-refractivity contribution in [3.05, 3.63) is 29.6 Å². The Labute approximate surface area is 131 Å². The summed E-state index contributed by atoms with van der Waals surface area (Å²) in [6.45, 7) is 13.5. The fraction of sp³-hybridized carbons (Fsp3) is 0.722. The third kappa shape index (κ3) is 4.27. The highest BCUT2D eigenvalue weighted by Crippen LogP contribution is 2.25. The van der Waals surface area contributed by atoms with E-state index in [1.807, 2.05) is 6.20 Å². The van der Waals surface area contributed by atoms with E-state index in [0.29, 0.717) is 6.04 Å². The predicted molar refractivity (Wildman–Crippen MR) is 91.8 cm³/mol. The second-order valence-electron chi connectivity index (χ2n) is 5.94. The molecule has 0 radical (unpaired) electrons. The summed E-state index contributed by atoms with van der Waals surface area (Å²) in [6, 6.07) is 4.79. The number of aromatic nitrogens is 1. The van der Waals surface area contributed by atoms with Gasteiger partial charge in [-0.1, -0.05) is 33.8 Å². The standard InChI is InChI=1S/C18H33N3/c1-7-15-11-12-16(20-14-15)13-17(19-6)18(5,8-2)21(9-3)10-4/h11-12,14,17,19H,7-10,13H2,1-6H3. The fourth-order valence-electron chi connectivity index (χ4n) is 3.26. The van der Waals surface area contributed by atoms with Crippen LogP contribution in [0.3, 0.4) is 0 Å². The van der Waals surface area contributed by atoms with Crippen LogP contribution in [0.1, 0.15) is 52.3 Å². The zero-order valence-corrected chi connectivity index (χ0v) is 14.7. The molecule has 3 nitrogen and oxygen atoms in total. The highest BCUT2D eigenvalue weighted by atomic mass is 15.2. The van der Waals surface area contributed by atoms with Crippen LogP contribution in [0, 0.1) is 0 Å². The van der Waals surface area contributed by atoms with Crippen molar-refractivity contribution in [1.29, 1.82) is 0 Å². The molecule has 0 aliphatic carbocycles. The van der Waals surface area contributed by atoms with Gasteiger partial charge in [0.05, 0.1) is 0 Å². The van der Waals surface area contributed by atoms with Gasteiger partial charge in [-0.05, 0) is 51.5 Å². The monoisotopic (exact) mass is 291 g/mol. The number of nitrogens with one attached hydrogen (secondary N) is 1. The van der Waals surface area contributed by atoms with Crippen LogP contribution in [0.4, 0.5) is 0 Å². The molecule has 21 heavy (non-hydrogen) atoms. The van der Waals surface area contributed by atoms with Gasteiger partial charge in [0.2, 0.25) is 0 Å². The lowest BCUT2D eigenvalue weighted by Gasteiger charge is -2.45. The summed E-state index contributed by atoms with van der Waals surface area (Å²) >= 11 is 0. The van der Waals surface area contributed by atoms with Gasteiger partial charge in [0.1, 0.15) is 0 Å². The number of nitrogens with zero attached hydrogens (tertiary/aromatic N) is 2. The van der Waals surface area contributed by atoms with Gasteiger partial charge >= 0.3 is 0 Å². The maximum absolute atomic E-state index is 4.64. The van der Waals surface area contributed by atoms with E-state index in [4.69, 9.17) is 0 Å². The van der Waals surface area contributed by atoms with Crippen LogP contribution >= 0.6 is 0 Å². The first-order valence-corrected chi connectivity index (χ1v) is 8.41. The summed E-state index contributed by atoms with van der Waals surface area (Å²) in [7, 11) is 2.07. The highest BCUT2D eigenvalue weighted by Gasteiger charge is 2.36. The predicted octanol–water partition coefficient (Wildman–Crippen LogP) is 3.29. The van der Waals surface area contributed by atoms with Crippen molar-refractivity contribution in [3.8, 4) is 0 Å². The smallest absolute Gasteiger partial charge is 0.0420 e. The molecule has 1 aromatic rings. The van der Waals surface area contributed by atoms with E-state index in [2.05, 4.69) is 69.0 Å². The second kappa shape index (κ2) is 8.50. The highest BCUT2D eigenvalue weighted by molar-refractivity contribution is 5.16. The summed E-state index contributed by atoms with van der Waals surface area (Å²) in [6.07, 6.45) is 5.17. The number of pyridine rings is 1. The lowest BCUT2D eigenvalue weighted by Crippen LogP contribution is -2.59. The molecule has 0 aromatic carbocycles. The summed E-state index contributed by atoms with van der Waals surface area (Å²) in [5.74, 6) is 0. The molecule has 0 saturated carbocycles. The Balaban J connectivity index is 2.93. The molecule has 3 heteroatoms. The van der Waals surface area contributed by atoms with Gasteiger partial charge in [0.15, 0.2) is 0 Å². The molecule has 0 aliphatic rings. The molecule has 0 fully saturated rings. The van der Waals surface area contributed by atoms with Crippen LogP contribution in [0.25, 0.3) is 0 Å². The molecule has 1 heterocycles. The molecule has 2 unspecified atom stereocenters. The Hall–Kier alpha value is -0.930. The van der Waals surface area contributed by atoms with E-state index < -0.39 is 0 Å². The quantitative estimate of drug-likeness (QED) is 0.757. The molecule has 1 rings (SSSR count). The van der Waals surface area contributed by atoms with E-state index >= 15 is 0 Å². The number of rotatable bonds is 9. The maximum Gasteiger partial charge on any atom is 0.0420 e. The van der Waals surface area contributed by atoms with Gasteiger partial charge in [-0.3, -0.25) is 9.88 Å². The summed E-state index contributed by atoms with van der Waals surface area (Å²) in [5.41, 5.74) is 2.64. The minimum atomic E-state index is 0.156. The molecule has 120 valence electrons. The van der Waals surface area contributed by atoms with Crippen LogP contribution in [0.15, 0.2) is 18.3 Å². The Morgan fingerprint density at radius 3 is 2.24 bits per heavy atom. The van der Waals surface area contributed by atoms with Gasteiger partial charge in [0, 0.05) is 29.9 Å². The Kier molecular flexibility index (Phi) is 7.33. The normalized spacial score (nSPS) is 16.0. The summed E-state index contributed by atoms with van der Waals surface area (Å²) in [4.78, 5) is 7.20. The third-order valence-corrected chi connectivity index (χ3v) is 5.01. The Bertz CT molecular complexity index is 397. The van der Waals surface area contributed by atoms with Gasteiger partial charge in [-0.2, -0.15) is 0 Å². The van der Waals surface area contributed by atoms with E-state index in [1.165, 1.54) is 11.3 Å². The molecular weight excluding hydrogens is 258 g/mol. The van der Waals surface area contributed by atoms with E-state index in [1.54, 1.807) is 0 Å². The van der Waals surface area contributed by atoms with E-state index in [9.17, 15) is 0 Å². The van der Waals surface area contributed by atoms with E-state index in [-0.39, 0.29) is 5.54 Å². The van der Waals surface area contributed by atoms with Crippen molar-refractivity contribution in [3.63, 3.8) is 0 Å². The number of aryl methyl sites for hydroxylation is 1. The minimum absolute atomic E-state index is 0.156. The first-order valence-electron chi connectivity index (χ1n) is 8.41. The van der Waals surface area contributed by atoms with Gasteiger partial charge in [-0.15, -0.1) is 0 Å². The fourth-order valence-corrected chi connectivity index (χ4v) is 3.26. The molecule has 0 amide bonds. The Morgan fingerprint density at radius 1 is 1.19 bits per heavy atom. The largest absolute Gasteiger partial charge is 0.315 e. The van der Waals surface area contributed by atoms with Crippen LogP contribution < -0.4 is 5.32 Å². The maximum atomic E-state index is 4.64. The van der Waals surface area contributed by atoms with Crippen LogP contribution in [0.2, 0.25) is 0 Å². The van der Waals surface area contributed by atoms with Gasteiger partial charge in [0.25, 0.3) is 0 Å². The van der Waals surface area contributed by atoms with Crippen molar-refractivity contribution in [2.75, 3.05) is 20.1 Å².